The number of nitrogen functional groups attached to an aromatic ring is 1. The first-order valence-corrected chi connectivity index (χ1v) is 8.70. The maximum Gasteiger partial charge on any atom is 0.348 e. The molecule has 0 spiro atoms. The standard InChI is InChI=1S/C16H21N5O2S/c1-9-4-5-11-10(6-9)7-12(24-11)14(22)23-8-13-18-15(17)20-16(19-13)21(2)3/h7,9H,4-6,8H2,1-3H3,(H2,17,18,19,20)/t9-/m0/s1. The predicted molar refractivity (Wildman–Crippen MR) is 93.2 cm³/mol. The molecule has 0 bridgehead atoms. The summed E-state index contributed by atoms with van der Waals surface area (Å²) in [5, 5.41) is 0. The maximum absolute atomic E-state index is 12.3. The quantitative estimate of drug-likeness (QED) is 0.846. The Balaban J connectivity index is 1.68. The van der Waals surface area contributed by atoms with Gasteiger partial charge in [0.15, 0.2) is 12.4 Å². The van der Waals surface area contributed by atoms with Crippen LogP contribution in [0.3, 0.4) is 0 Å². The number of rotatable bonds is 4. The predicted octanol–water partition coefficient (Wildman–Crippen LogP) is 2.06. The molecule has 0 saturated carbocycles. The van der Waals surface area contributed by atoms with Crippen LogP contribution in [-0.2, 0) is 24.2 Å². The van der Waals surface area contributed by atoms with Gasteiger partial charge in [-0.1, -0.05) is 6.92 Å². The number of carbonyl (C=O) groups is 1. The molecule has 3 rings (SSSR count). The van der Waals surface area contributed by atoms with E-state index in [0.29, 0.717) is 22.6 Å². The van der Waals surface area contributed by atoms with E-state index < -0.39 is 0 Å². The summed E-state index contributed by atoms with van der Waals surface area (Å²) in [5.74, 6) is 1.23. The van der Waals surface area contributed by atoms with E-state index in [4.69, 9.17) is 10.5 Å². The number of esters is 1. The van der Waals surface area contributed by atoms with Crippen LogP contribution in [0, 0.1) is 5.92 Å². The molecule has 128 valence electrons. The molecule has 7 nitrogen and oxygen atoms in total. The van der Waals surface area contributed by atoms with E-state index in [-0.39, 0.29) is 18.5 Å². The Morgan fingerprint density at radius 2 is 2.21 bits per heavy atom. The van der Waals surface area contributed by atoms with Crippen molar-refractivity contribution >= 4 is 29.2 Å². The first-order chi connectivity index (χ1) is 11.4. The number of fused-ring (bicyclic) bond motifs is 1. The number of hydrogen-bond donors (Lipinski definition) is 1. The van der Waals surface area contributed by atoms with Gasteiger partial charge in [-0.2, -0.15) is 15.0 Å². The Hall–Kier alpha value is -2.22. The summed E-state index contributed by atoms with van der Waals surface area (Å²) in [6.45, 7) is 2.22. The van der Waals surface area contributed by atoms with E-state index in [0.717, 1.165) is 12.8 Å². The van der Waals surface area contributed by atoms with Crippen molar-refractivity contribution in [2.24, 2.45) is 5.92 Å². The van der Waals surface area contributed by atoms with Gasteiger partial charge in [0.1, 0.15) is 4.88 Å². The zero-order valence-corrected chi connectivity index (χ0v) is 14.9. The molecule has 0 aromatic carbocycles. The molecular formula is C16H21N5O2S. The molecule has 1 aliphatic rings. The molecule has 1 aliphatic carbocycles. The topological polar surface area (TPSA) is 94.2 Å². The minimum Gasteiger partial charge on any atom is -0.453 e. The van der Waals surface area contributed by atoms with Crippen LogP contribution in [0.15, 0.2) is 6.07 Å². The monoisotopic (exact) mass is 347 g/mol. The van der Waals surface area contributed by atoms with Gasteiger partial charge in [-0.15, -0.1) is 11.3 Å². The maximum atomic E-state index is 12.3. The lowest BCUT2D eigenvalue weighted by Gasteiger charge is -2.16. The third-order valence-corrected chi connectivity index (χ3v) is 5.17. The van der Waals surface area contributed by atoms with Crippen LogP contribution in [0.5, 0.6) is 0 Å². The van der Waals surface area contributed by atoms with Crippen molar-refractivity contribution in [3.63, 3.8) is 0 Å². The summed E-state index contributed by atoms with van der Waals surface area (Å²) in [5.41, 5.74) is 6.95. The zero-order valence-electron chi connectivity index (χ0n) is 14.1. The van der Waals surface area contributed by atoms with Crippen molar-refractivity contribution in [1.82, 2.24) is 15.0 Å². The molecule has 2 N–H and O–H groups in total. The molecule has 2 aromatic heterocycles. The van der Waals surface area contributed by atoms with Crippen LogP contribution in [0.2, 0.25) is 0 Å². The van der Waals surface area contributed by atoms with Crippen molar-refractivity contribution < 1.29 is 9.53 Å². The van der Waals surface area contributed by atoms with Crippen LogP contribution >= 0.6 is 11.3 Å². The van der Waals surface area contributed by atoms with Gasteiger partial charge < -0.3 is 15.4 Å². The zero-order chi connectivity index (χ0) is 17.3. The minimum absolute atomic E-state index is 0.0225. The van der Waals surface area contributed by atoms with E-state index in [1.807, 2.05) is 20.2 Å². The fourth-order valence-corrected chi connectivity index (χ4v) is 3.80. The third kappa shape index (κ3) is 3.64. The second kappa shape index (κ2) is 6.72. The number of thiophene rings is 1. The van der Waals surface area contributed by atoms with E-state index in [2.05, 4.69) is 21.9 Å². The second-order valence-electron chi connectivity index (χ2n) is 6.29. The summed E-state index contributed by atoms with van der Waals surface area (Å²) in [6, 6.07) is 1.96. The smallest absolute Gasteiger partial charge is 0.348 e. The number of aromatic nitrogens is 3. The summed E-state index contributed by atoms with van der Waals surface area (Å²) in [4.78, 5) is 28.2. The SMILES string of the molecule is C[C@H]1CCc2sc(C(=O)OCc3nc(N)nc(N(C)C)n3)cc2C1. The van der Waals surface area contributed by atoms with Gasteiger partial charge in [0.2, 0.25) is 11.9 Å². The molecule has 1 atom stereocenters. The molecule has 2 aromatic rings. The summed E-state index contributed by atoms with van der Waals surface area (Å²) >= 11 is 1.53. The number of aryl methyl sites for hydroxylation is 1. The molecule has 0 saturated heterocycles. The van der Waals surface area contributed by atoms with Crippen LogP contribution in [0.4, 0.5) is 11.9 Å². The Morgan fingerprint density at radius 3 is 2.96 bits per heavy atom. The molecule has 24 heavy (non-hydrogen) atoms. The highest BCUT2D eigenvalue weighted by Crippen LogP contribution is 2.32. The van der Waals surface area contributed by atoms with Crippen molar-refractivity contribution in [2.45, 2.75) is 32.8 Å². The normalized spacial score (nSPS) is 16.5. The van der Waals surface area contributed by atoms with Gasteiger partial charge in [-0.25, -0.2) is 4.79 Å². The average molecular weight is 347 g/mol. The van der Waals surface area contributed by atoms with E-state index >= 15 is 0 Å². The summed E-state index contributed by atoms with van der Waals surface area (Å²) in [6.07, 6.45) is 3.26. The van der Waals surface area contributed by atoms with Crippen molar-refractivity contribution in [1.29, 1.82) is 0 Å². The van der Waals surface area contributed by atoms with Crippen LogP contribution in [-0.4, -0.2) is 35.0 Å². The molecule has 0 radical (unpaired) electrons. The number of nitrogens with two attached hydrogens (primary N) is 1. The van der Waals surface area contributed by atoms with Crippen molar-refractivity contribution in [3.05, 3.63) is 27.2 Å². The highest BCUT2D eigenvalue weighted by molar-refractivity contribution is 7.14. The number of hydrogen-bond acceptors (Lipinski definition) is 8. The van der Waals surface area contributed by atoms with Gasteiger partial charge >= 0.3 is 5.97 Å². The van der Waals surface area contributed by atoms with Crippen LogP contribution in [0.25, 0.3) is 0 Å². The number of nitrogens with zero attached hydrogens (tertiary/aromatic N) is 4. The molecule has 2 heterocycles. The van der Waals surface area contributed by atoms with Gasteiger partial charge in [-0.3, -0.25) is 0 Å². The second-order valence-corrected chi connectivity index (χ2v) is 7.42. The van der Waals surface area contributed by atoms with E-state index in [9.17, 15) is 4.79 Å². The molecule has 0 amide bonds. The highest BCUT2D eigenvalue weighted by atomic mass is 32.1. The largest absolute Gasteiger partial charge is 0.453 e. The van der Waals surface area contributed by atoms with Gasteiger partial charge in [0, 0.05) is 19.0 Å². The van der Waals surface area contributed by atoms with Gasteiger partial charge in [0.25, 0.3) is 0 Å². The Morgan fingerprint density at radius 1 is 1.42 bits per heavy atom. The molecule has 8 heteroatoms. The Bertz CT molecular complexity index is 759. The lowest BCUT2D eigenvalue weighted by atomic mass is 9.90. The van der Waals surface area contributed by atoms with Crippen molar-refractivity contribution in [3.8, 4) is 0 Å². The lowest BCUT2D eigenvalue weighted by molar-refractivity contribution is 0.0468. The first-order valence-electron chi connectivity index (χ1n) is 7.89. The fraction of sp³-hybridized carbons (Fsp3) is 0.500. The molecular weight excluding hydrogens is 326 g/mol. The average Bonchev–Trinajstić information content (AvgIpc) is 2.95. The van der Waals surface area contributed by atoms with Crippen LogP contribution < -0.4 is 10.6 Å². The van der Waals surface area contributed by atoms with Crippen LogP contribution in [0.1, 0.15) is 39.3 Å². The minimum atomic E-state index is -0.340. The fourth-order valence-electron chi connectivity index (χ4n) is 2.70. The van der Waals surface area contributed by atoms with Gasteiger partial charge in [0.05, 0.1) is 0 Å². The highest BCUT2D eigenvalue weighted by Gasteiger charge is 2.21. The summed E-state index contributed by atoms with van der Waals surface area (Å²) in [7, 11) is 3.61. The lowest BCUT2D eigenvalue weighted by Crippen LogP contribution is -2.17. The number of carbonyl (C=O) groups excluding carboxylic acids is 1. The molecule has 0 fully saturated rings. The van der Waals surface area contributed by atoms with E-state index in [1.54, 1.807) is 4.90 Å². The van der Waals surface area contributed by atoms with E-state index in [1.165, 1.54) is 28.2 Å². The van der Waals surface area contributed by atoms with Crippen molar-refractivity contribution in [2.75, 3.05) is 24.7 Å². The summed E-state index contributed by atoms with van der Waals surface area (Å²) < 4.78 is 5.35. The number of ether oxygens (including phenoxy) is 1. The van der Waals surface area contributed by atoms with Gasteiger partial charge in [-0.05, 0) is 36.8 Å². The molecule has 0 unspecified atom stereocenters. The Kier molecular flexibility index (Phi) is 4.66. The number of anilines is 2. The third-order valence-electron chi connectivity index (χ3n) is 3.95. The first kappa shape index (κ1) is 16.6. The Labute approximate surface area is 144 Å². The molecule has 0 aliphatic heterocycles.